The zero-order valence-electron chi connectivity index (χ0n) is 14.1. The van der Waals surface area contributed by atoms with Crippen molar-refractivity contribution in [2.45, 2.75) is 12.6 Å². The molecule has 3 rings (SSSR count). The molecule has 0 bridgehead atoms. The van der Waals surface area contributed by atoms with Gasteiger partial charge in [-0.2, -0.15) is 0 Å². The molecule has 26 heavy (non-hydrogen) atoms. The lowest BCUT2D eigenvalue weighted by Gasteiger charge is -2.36. The van der Waals surface area contributed by atoms with E-state index in [1.165, 1.54) is 12.1 Å². The summed E-state index contributed by atoms with van der Waals surface area (Å²) in [5, 5.41) is 15.8. The number of rotatable bonds is 4. The SMILES string of the molecule is O=C(O)c1ccc(CNC(=O)N2CCNCC2c2cccc(Cl)c2)cc1. The standard InChI is InChI=1S/C19H20ClN3O3/c20-16-3-1-2-15(10-16)17-12-21-8-9-23(17)19(26)22-11-13-4-6-14(7-5-13)18(24)25/h1-7,10,17,21H,8-9,11-12H2,(H,22,26)(H,24,25). The molecule has 2 aromatic rings. The van der Waals surface area contributed by atoms with Crippen LogP contribution < -0.4 is 10.6 Å². The van der Waals surface area contributed by atoms with Crippen molar-refractivity contribution < 1.29 is 14.7 Å². The van der Waals surface area contributed by atoms with Gasteiger partial charge < -0.3 is 20.6 Å². The molecule has 1 saturated heterocycles. The maximum atomic E-state index is 12.7. The average molecular weight is 374 g/mol. The Hall–Kier alpha value is -2.57. The van der Waals surface area contributed by atoms with Crippen molar-refractivity contribution in [3.63, 3.8) is 0 Å². The van der Waals surface area contributed by atoms with Crippen molar-refractivity contribution in [1.82, 2.24) is 15.5 Å². The molecule has 1 atom stereocenters. The number of urea groups is 1. The van der Waals surface area contributed by atoms with Crippen LogP contribution in [-0.4, -0.2) is 41.6 Å². The van der Waals surface area contributed by atoms with E-state index in [4.69, 9.17) is 16.7 Å². The molecular weight excluding hydrogens is 354 g/mol. The van der Waals surface area contributed by atoms with E-state index in [1.54, 1.807) is 17.0 Å². The Morgan fingerprint density at radius 2 is 2.00 bits per heavy atom. The molecule has 1 heterocycles. The highest BCUT2D eigenvalue weighted by Crippen LogP contribution is 2.24. The predicted molar refractivity (Wildman–Crippen MR) is 99.4 cm³/mol. The van der Waals surface area contributed by atoms with Crippen LogP contribution in [0.2, 0.25) is 5.02 Å². The fourth-order valence-electron chi connectivity index (χ4n) is 3.00. The summed E-state index contributed by atoms with van der Waals surface area (Å²) >= 11 is 6.09. The molecule has 0 saturated carbocycles. The van der Waals surface area contributed by atoms with Crippen LogP contribution in [0.1, 0.15) is 27.5 Å². The number of piperazine rings is 1. The molecule has 0 aliphatic carbocycles. The van der Waals surface area contributed by atoms with Crippen molar-refractivity contribution in [3.8, 4) is 0 Å². The summed E-state index contributed by atoms with van der Waals surface area (Å²) in [6.45, 7) is 2.34. The molecule has 0 radical (unpaired) electrons. The maximum Gasteiger partial charge on any atom is 0.335 e. The molecule has 1 unspecified atom stereocenters. The van der Waals surface area contributed by atoms with Crippen molar-refractivity contribution in [3.05, 3.63) is 70.2 Å². The first-order chi connectivity index (χ1) is 12.5. The number of aromatic carboxylic acids is 1. The number of hydrogen-bond donors (Lipinski definition) is 3. The second-order valence-electron chi connectivity index (χ2n) is 6.13. The van der Waals surface area contributed by atoms with E-state index in [2.05, 4.69) is 10.6 Å². The zero-order chi connectivity index (χ0) is 18.5. The molecule has 6 nitrogen and oxygen atoms in total. The number of nitrogens with zero attached hydrogens (tertiary/aromatic N) is 1. The van der Waals surface area contributed by atoms with Gasteiger partial charge in [0, 0.05) is 31.2 Å². The molecule has 1 fully saturated rings. The predicted octanol–water partition coefficient (Wildman–Crippen LogP) is 2.89. The number of amides is 2. The zero-order valence-corrected chi connectivity index (χ0v) is 14.9. The number of hydrogen-bond acceptors (Lipinski definition) is 3. The Bertz CT molecular complexity index is 795. The minimum atomic E-state index is -0.967. The van der Waals surface area contributed by atoms with E-state index >= 15 is 0 Å². The van der Waals surface area contributed by atoms with E-state index in [1.807, 2.05) is 24.3 Å². The van der Waals surface area contributed by atoms with Gasteiger partial charge in [-0.1, -0.05) is 35.9 Å². The summed E-state index contributed by atoms with van der Waals surface area (Å²) in [5.74, 6) is -0.967. The molecule has 136 valence electrons. The second kappa shape index (κ2) is 8.21. The molecular formula is C19H20ClN3O3. The lowest BCUT2D eigenvalue weighted by atomic mass is 10.0. The Balaban J connectivity index is 1.66. The molecule has 0 aromatic heterocycles. The Morgan fingerprint density at radius 3 is 2.69 bits per heavy atom. The highest BCUT2D eigenvalue weighted by molar-refractivity contribution is 6.30. The molecule has 2 amide bonds. The number of carboxylic acids is 1. The third-order valence-electron chi connectivity index (χ3n) is 4.38. The van der Waals surface area contributed by atoms with Crippen LogP contribution in [0.5, 0.6) is 0 Å². The molecule has 2 aromatic carbocycles. The normalized spacial score (nSPS) is 17.0. The summed E-state index contributed by atoms with van der Waals surface area (Å²) in [5.41, 5.74) is 2.06. The highest BCUT2D eigenvalue weighted by atomic mass is 35.5. The van der Waals surface area contributed by atoms with Gasteiger partial charge >= 0.3 is 12.0 Å². The Morgan fingerprint density at radius 1 is 1.23 bits per heavy atom. The van der Waals surface area contributed by atoms with Crippen LogP contribution in [-0.2, 0) is 6.54 Å². The summed E-state index contributed by atoms with van der Waals surface area (Å²) in [6, 6.07) is 13.8. The Labute approximate surface area is 156 Å². The molecule has 1 aliphatic heterocycles. The number of benzene rings is 2. The summed E-state index contributed by atoms with van der Waals surface area (Å²) in [7, 11) is 0. The number of carboxylic acid groups (broad SMARTS) is 1. The van der Waals surface area contributed by atoms with Crippen molar-refractivity contribution >= 4 is 23.6 Å². The first-order valence-corrected chi connectivity index (χ1v) is 8.75. The van der Waals surface area contributed by atoms with Crippen LogP contribution in [0.3, 0.4) is 0 Å². The van der Waals surface area contributed by atoms with E-state index in [-0.39, 0.29) is 17.6 Å². The minimum absolute atomic E-state index is 0.0863. The molecule has 7 heteroatoms. The number of carbonyl (C=O) groups is 2. The van der Waals surface area contributed by atoms with Crippen LogP contribution in [0.15, 0.2) is 48.5 Å². The van der Waals surface area contributed by atoms with Gasteiger partial charge in [-0.05, 0) is 35.4 Å². The minimum Gasteiger partial charge on any atom is -0.478 e. The van der Waals surface area contributed by atoms with Gasteiger partial charge in [0.05, 0.1) is 11.6 Å². The summed E-state index contributed by atoms with van der Waals surface area (Å²) in [4.78, 5) is 25.4. The highest BCUT2D eigenvalue weighted by Gasteiger charge is 2.27. The van der Waals surface area contributed by atoms with Crippen molar-refractivity contribution in [2.75, 3.05) is 19.6 Å². The third-order valence-corrected chi connectivity index (χ3v) is 4.62. The summed E-state index contributed by atoms with van der Waals surface area (Å²) < 4.78 is 0. The monoisotopic (exact) mass is 373 g/mol. The van der Waals surface area contributed by atoms with Gasteiger partial charge in [0.15, 0.2) is 0 Å². The number of nitrogens with one attached hydrogen (secondary N) is 2. The fraction of sp³-hybridized carbons (Fsp3) is 0.263. The summed E-state index contributed by atoms with van der Waals surface area (Å²) in [6.07, 6.45) is 0. The lowest BCUT2D eigenvalue weighted by molar-refractivity contribution is 0.0697. The van der Waals surface area contributed by atoms with Crippen LogP contribution in [0.25, 0.3) is 0 Å². The maximum absolute atomic E-state index is 12.7. The molecule has 3 N–H and O–H groups in total. The first kappa shape index (κ1) is 18.2. The molecule has 0 spiro atoms. The topological polar surface area (TPSA) is 81.7 Å². The third kappa shape index (κ3) is 4.33. The van der Waals surface area contributed by atoms with Gasteiger partial charge in [0.25, 0.3) is 0 Å². The van der Waals surface area contributed by atoms with Gasteiger partial charge in [-0.15, -0.1) is 0 Å². The van der Waals surface area contributed by atoms with Crippen molar-refractivity contribution in [1.29, 1.82) is 0 Å². The van der Waals surface area contributed by atoms with E-state index in [9.17, 15) is 9.59 Å². The number of carbonyl (C=O) groups excluding carboxylic acids is 1. The van der Waals surface area contributed by atoms with Gasteiger partial charge in [-0.3, -0.25) is 0 Å². The Kier molecular flexibility index (Phi) is 5.75. The van der Waals surface area contributed by atoms with Crippen molar-refractivity contribution in [2.24, 2.45) is 0 Å². The second-order valence-corrected chi connectivity index (χ2v) is 6.57. The van der Waals surface area contributed by atoms with E-state index < -0.39 is 5.97 Å². The average Bonchev–Trinajstić information content (AvgIpc) is 2.66. The smallest absolute Gasteiger partial charge is 0.335 e. The van der Waals surface area contributed by atoms with E-state index in [0.29, 0.717) is 24.7 Å². The van der Waals surface area contributed by atoms with Gasteiger partial charge in [0.2, 0.25) is 0 Å². The van der Waals surface area contributed by atoms with Gasteiger partial charge in [0.1, 0.15) is 0 Å². The van der Waals surface area contributed by atoms with E-state index in [0.717, 1.165) is 17.7 Å². The van der Waals surface area contributed by atoms with Crippen LogP contribution >= 0.6 is 11.6 Å². The molecule has 1 aliphatic rings. The quantitative estimate of drug-likeness (QED) is 0.769. The fourth-order valence-corrected chi connectivity index (χ4v) is 3.20. The van der Waals surface area contributed by atoms with Crippen LogP contribution in [0, 0.1) is 0 Å². The number of halogens is 1. The lowest BCUT2D eigenvalue weighted by Crippen LogP contribution is -2.51. The largest absolute Gasteiger partial charge is 0.478 e. The first-order valence-electron chi connectivity index (χ1n) is 8.37. The van der Waals surface area contributed by atoms with Gasteiger partial charge in [-0.25, -0.2) is 9.59 Å². The van der Waals surface area contributed by atoms with Crippen LogP contribution in [0.4, 0.5) is 4.79 Å².